The van der Waals surface area contributed by atoms with Crippen LogP contribution in [0.5, 0.6) is 5.75 Å². The molecule has 2 aromatic rings. The van der Waals surface area contributed by atoms with E-state index in [-0.39, 0.29) is 5.82 Å². The summed E-state index contributed by atoms with van der Waals surface area (Å²) in [7, 11) is 1.57. The summed E-state index contributed by atoms with van der Waals surface area (Å²) >= 11 is 12.5. The van der Waals surface area contributed by atoms with Crippen molar-refractivity contribution in [1.29, 1.82) is 0 Å². The van der Waals surface area contributed by atoms with E-state index in [4.69, 9.17) is 27.9 Å². The third kappa shape index (κ3) is 2.77. The Morgan fingerprint density at radius 1 is 1.11 bits per heavy atom. The number of rotatable bonds is 3. The third-order valence-corrected chi connectivity index (χ3v) is 3.46. The highest BCUT2D eigenvalue weighted by Crippen LogP contribution is 2.35. The zero-order chi connectivity index (χ0) is 13.1. The van der Waals surface area contributed by atoms with E-state index in [1.54, 1.807) is 31.4 Å². The normalized spacial score (nSPS) is 12.2. The molecular weight excluding hydrogens is 274 g/mol. The van der Waals surface area contributed by atoms with Gasteiger partial charge in [-0.1, -0.05) is 29.8 Å². The molecular formula is C14H11Cl2FO. The zero-order valence-corrected chi connectivity index (χ0v) is 11.2. The molecule has 0 bridgehead atoms. The zero-order valence-electron chi connectivity index (χ0n) is 9.66. The first-order valence-corrected chi connectivity index (χ1v) is 6.16. The molecule has 1 unspecified atom stereocenters. The van der Waals surface area contributed by atoms with Crippen LogP contribution in [0, 0.1) is 5.82 Å². The molecule has 0 saturated heterocycles. The van der Waals surface area contributed by atoms with Crippen molar-refractivity contribution in [2.75, 3.05) is 7.11 Å². The molecule has 4 heteroatoms. The van der Waals surface area contributed by atoms with Crippen LogP contribution < -0.4 is 4.74 Å². The van der Waals surface area contributed by atoms with Crippen molar-refractivity contribution in [2.45, 2.75) is 5.38 Å². The molecule has 18 heavy (non-hydrogen) atoms. The van der Waals surface area contributed by atoms with Crippen molar-refractivity contribution in [2.24, 2.45) is 0 Å². The molecule has 0 saturated carbocycles. The maximum absolute atomic E-state index is 12.8. The average Bonchev–Trinajstić information content (AvgIpc) is 2.38. The number of halogens is 3. The van der Waals surface area contributed by atoms with Crippen molar-refractivity contribution in [3.8, 4) is 5.75 Å². The third-order valence-electron chi connectivity index (χ3n) is 2.64. The van der Waals surface area contributed by atoms with Crippen LogP contribution in [0.3, 0.4) is 0 Å². The first-order chi connectivity index (χ1) is 8.61. The van der Waals surface area contributed by atoms with Crippen LogP contribution in [0.25, 0.3) is 0 Å². The van der Waals surface area contributed by atoms with Gasteiger partial charge in [-0.15, -0.1) is 11.6 Å². The minimum atomic E-state index is -0.413. The molecule has 0 radical (unpaired) electrons. The largest absolute Gasteiger partial charge is 0.497 e. The Morgan fingerprint density at radius 3 is 2.33 bits per heavy atom. The highest BCUT2D eigenvalue weighted by molar-refractivity contribution is 6.33. The summed E-state index contributed by atoms with van der Waals surface area (Å²) in [6.07, 6.45) is 0. The second-order valence-corrected chi connectivity index (χ2v) is 4.65. The number of ether oxygens (including phenoxy) is 1. The summed E-state index contributed by atoms with van der Waals surface area (Å²) in [6.45, 7) is 0. The Hall–Kier alpha value is -1.25. The van der Waals surface area contributed by atoms with Crippen molar-refractivity contribution in [1.82, 2.24) is 0 Å². The molecule has 0 aromatic heterocycles. The van der Waals surface area contributed by atoms with Gasteiger partial charge in [0.1, 0.15) is 11.6 Å². The Morgan fingerprint density at radius 2 is 1.78 bits per heavy atom. The maximum atomic E-state index is 12.8. The first kappa shape index (κ1) is 13.2. The lowest BCUT2D eigenvalue weighted by molar-refractivity contribution is 0.414. The molecule has 94 valence electrons. The molecule has 0 aliphatic rings. The monoisotopic (exact) mass is 284 g/mol. The minimum Gasteiger partial charge on any atom is -0.497 e. The van der Waals surface area contributed by atoms with E-state index in [0.717, 1.165) is 11.1 Å². The van der Waals surface area contributed by atoms with Crippen LogP contribution in [-0.2, 0) is 0 Å². The minimum absolute atomic E-state index is 0.288. The maximum Gasteiger partial charge on any atom is 0.123 e. The second kappa shape index (κ2) is 5.59. The summed E-state index contributed by atoms with van der Waals surface area (Å²) in [5, 5.41) is 0.114. The predicted molar refractivity (Wildman–Crippen MR) is 72.1 cm³/mol. The van der Waals surface area contributed by atoms with Gasteiger partial charge in [0.25, 0.3) is 0 Å². The Balaban J connectivity index is 2.33. The molecule has 0 fully saturated rings. The van der Waals surface area contributed by atoms with Gasteiger partial charge in [0.2, 0.25) is 0 Å². The number of methoxy groups -OCH3 is 1. The van der Waals surface area contributed by atoms with E-state index in [1.807, 2.05) is 6.07 Å². The Bertz CT molecular complexity index is 540. The fourth-order valence-electron chi connectivity index (χ4n) is 1.65. The van der Waals surface area contributed by atoms with Gasteiger partial charge in [-0.25, -0.2) is 4.39 Å². The predicted octanol–water partition coefficient (Wildman–Crippen LogP) is 4.82. The fraction of sp³-hybridized carbons (Fsp3) is 0.143. The van der Waals surface area contributed by atoms with Gasteiger partial charge < -0.3 is 4.74 Å². The lowest BCUT2D eigenvalue weighted by Crippen LogP contribution is -1.95. The number of benzene rings is 2. The molecule has 0 heterocycles. The number of hydrogen-bond acceptors (Lipinski definition) is 1. The second-order valence-electron chi connectivity index (χ2n) is 3.80. The van der Waals surface area contributed by atoms with Crippen LogP contribution in [0.15, 0.2) is 42.5 Å². The van der Waals surface area contributed by atoms with E-state index in [2.05, 4.69) is 0 Å². The van der Waals surface area contributed by atoms with Gasteiger partial charge in [0, 0.05) is 5.02 Å². The summed E-state index contributed by atoms with van der Waals surface area (Å²) in [5.41, 5.74) is 1.57. The van der Waals surface area contributed by atoms with Crippen LogP contribution >= 0.6 is 23.2 Å². The van der Waals surface area contributed by atoms with Gasteiger partial charge in [-0.2, -0.15) is 0 Å². The molecule has 0 spiro atoms. The van der Waals surface area contributed by atoms with E-state index >= 15 is 0 Å². The molecule has 2 rings (SSSR count). The van der Waals surface area contributed by atoms with Gasteiger partial charge >= 0.3 is 0 Å². The molecule has 1 nitrogen and oxygen atoms in total. The quantitative estimate of drug-likeness (QED) is 0.735. The van der Waals surface area contributed by atoms with Crippen molar-refractivity contribution < 1.29 is 9.13 Å². The lowest BCUT2D eigenvalue weighted by atomic mass is 10.0. The van der Waals surface area contributed by atoms with Crippen molar-refractivity contribution in [3.63, 3.8) is 0 Å². The number of alkyl halides is 1. The van der Waals surface area contributed by atoms with Crippen LogP contribution in [0.4, 0.5) is 4.39 Å². The lowest BCUT2D eigenvalue weighted by Gasteiger charge is -2.13. The molecule has 0 aliphatic heterocycles. The molecule has 0 aliphatic carbocycles. The first-order valence-electron chi connectivity index (χ1n) is 5.35. The Kier molecular flexibility index (Phi) is 4.10. The Labute approximate surface area is 115 Å². The van der Waals surface area contributed by atoms with E-state index in [1.165, 1.54) is 12.1 Å². The van der Waals surface area contributed by atoms with E-state index < -0.39 is 5.38 Å². The van der Waals surface area contributed by atoms with Crippen LogP contribution in [0.1, 0.15) is 16.5 Å². The molecule has 1 atom stereocenters. The van der Waals surface area contributed by atoms with E-state index in [0.29, 0.717) is 10.8 Å². The average molecular weight is 285 g/mol. The summed E-state index contributed by atoms with van der Waals surface area (Å²) in [6, 6.07) is 11.4. The van der Waals surface area contributed by atoms with Crippen LogP contribution in [-0.4, -0.2) is 7.11 Å². The SMILES string of the molecule is COc1ccc(C(Cl)c2ccc(F)cc2)c(Cl)c1. The van der Waals surface area contributed by atoms with E-state index in [9.17, 15) is 4.39 Å². The summed E-state index contributed by atoms with van der Waals surface area (Å²) < 4.78 is 17.9. The summed E-state index contributed by atoms with van der Waals surface area (Å²) in [5.74, 6) is 0.384. The van der Waals surface area contributed by atoms with Crippen molar-refractivity contribution in [3.05, 3.63) is 64.4 Å². The fourth-order valence-corrected chi connectivity index (χ4v) is 2.32. The molecule has 0 N–H and O–H groups in total. The number of hydrogen-bond donors (Lipinski definition) is 0. The van der Waals surface area contributed by atoms with Crippen molar-refractivity contribution >= 4 is 23.2 Å². The summed E-state index contributed by atoms with van der Waals surface area (Å²) in [4.78, 5) is 0. The molecule has 2 aromatic carbocycles. The van der Waals surface area contributed by atoms with Gasteiger partial charge in [0.05, 0.1) is 12.5 Å². The van der Waals surface area contributed by atoms with Crippen LogP contribution in [0.2, 0.25) is 5.02 Å². The molecule has 0 amide bonds. The highest BCUT2D eigenvalue weighted by atomic mass is 35.5. The standard InChI is InChI=1S/C14H11Cl2FO/c1-18-11-6-7-12(13(15)8-11)14(16)9-2-4-10(17)5-3-9/h2-8,14H,1H3. The van der Waals surface area contributed by atoms with Gasteiger partial charge in [0.15, 0.2) is 0 Å². The highest BCUT2D eigenvalue weighted by Gasteiger charge is 2.14. The van der Waals surface area contributed by atoms with Gasteiger partial charge in [-0.3, -0.25) is 0 Å². The van der Waals surface area contributed by atoms with Gasteiger partial charge in [-0.05, 0) is 35.4 Å². The topological polar surface area (TPSA) is 9.23 Å². The smallest absolute Gasteiger partial charge is 0.123 e.